The standard InChI is InChI=1S/C15H14N2O3/c1-9-3-2-4-11(15(16)17)14(9)20-10-5-6-12-13(7-10)19-8-18-12/h2-7H,8H2,1H3,(H3,16,17). The minimum atomic E-state index is -0.0237. The lowest BCUT2D eigenvalue weighted by Crippen LogP contribution is -2.12. The van der Waals surface area contributed by atoms with Crippen LogP contribution in [0.25, 0.3) is 0 Å². The van der Waals surface area contributed by atoms with E-state index in [1.165, 1.54) is 0 Å². The number of benzene rings is 2. The molecule has 0 spiro atoms. The number of hydrogen-bond donors (Lipinski definition) is 2. The van der Waals surface area contributed by atoms with Gasteiger partial charge in [0.25, 0.3) is 0 Å². The number of fused-ring (bicyclic) bond motifs is 1. The third kappa shape index (κ3) is 2.14. The van der Waals surface area contributed by atoms with E-state index in [-0.39, 0.29) is 12.6 Å². The first-order valence-corrected chi connectivity index (χ1v) is 6.16. The number of nitrogen functional groups attached to an aromatic ring is 1. The van der Waals surface area contributed by atoms with E-state index < -0.39 is 0 Å². The third-order valence-corrected chi connectivity index (χ3v) is 3.07. The van der Waals surface area contributed by atoms with E-state index in [2.05, 4.69) is 0 Å². The van der Waals surface area contributed by atoms with Crippen molar-refractivity contribution in [2.45, 2.75) is 6.92 Å². The average Bonchev–Trinajstić information content (AvgIpc) is 2.88. The number of amidine groups is 1. The van der Waals surface area contributed by atoms with Crippen molar-refractivity contribution in [3.05, 3.63) is 47.5 Å². The molecule has 20 heavy (non-hydrogen) atoms. The predicted molar refractivity (Wildman–Crippen MR) is 74.8 cm³/mol. The molecule has 0 bridgehead atoms. The Kier molecular flexibility index (Phi) is 2.95. The second-order valence-electron chi connectivity index (χ2n) is 4.48. The van der Waals surface area contributed by atoms with Gasteiger partial charge in [0.1, 0.15) is 17.3 Å². The maximum absolute atomic E-state index is 7.61. The molecule has 0 saturated carbocycles. The largest absolute Gasteiger partial charge is 0.456 e. The zero-order chi connectivity index (χ0) is 14.1. The molecule has 5 heteroatoms. The van der Waals surface area contributed by atoms with Gasteiger partial charge in [0.2, 0.25) is 6.79 Å². The van der Waals surface area contributed by atoms with E-state index in [4.69, 9.17) is 25.4 Å². The van der Waals surface area contributed by atoms with Crippen LogP contribution in [0.2, 0.25) is 0 Å². The van der Waals surface area contributed by atoms with Crippen LogP contribution in [-0.4, -0.2) is 12.6 Å². The van der Waals surface area contributed by atoms with Crippen LogP contribution in [0.3, 0.4) is 0 Å². The lowest BCUT2D eigenvalue weighted by Gasteiger charge is -2.13. The Hall–Kier alpha value is -2.69. The van der Waals surface area contributed by atoms with Crippen molar-refractivity contribution in [3.8, 4) is 23.0 Å². The van der Waals surface area contributed by atoms with Crippen LogP contribution in [0.5, 0.6) is 23.0 Å². The summed E-state index contributed by atoms with van der Waals surface area (Å²) in [5.41, 5.74) is 7.07. The van der Waals surface area contributed by atoms with Crippen molar-refractivity contribution >= 4 is 5.84 Å². The Labute approximate surface area is 116 Å². The van der Waals surface area contributed by atoms with E-state index in [1.54, 1.807) is 24.3 Å². The smallest absolute Gasteiger partial charge is 0.231 e. The highest BCUT2D eigenvalue weighted by Gasteiger charge is 2.16. The quantitative estimate of drug-likeness (QED) is 0.664. The molecule has 1 aliphatic rings. The molecule has 1 aliphatic heterocycles. The van der Waals surface area contributed by atoms with Crippen LogP contribution >= 0.6 is 0 Å². The molecule has 3 N–H and O–H groups in total. The van der Waals surface area contributed by atoms with Crippen LogP contribution in [-0.2, 0) is 0 Å². The summed E-state index contributed by atoms with van der Waals surface area (Å²) in [6.45, 7) is 2.14. The minimum Gasteiger partial charge on any atom is -0.456 e. The van der Waals surface area contributed by atoms with Gasteiger partial charge in [-0.3, -0.25) is 5.41 Å². The number of hydrogen-bond acceptors (Lipinski definition) is 4. The molecule has 0 radical (unpaired) electrons. The zero-order valence-corrected chi connectivity index (χ0v) is 11.0. The number of para-hydroxylation sites is 1. The molecule has 1 heterocycles. The summed E-state index contributed by atoms with van der Waals surface area (Å²) < 4.78 is 16.4. The predicted octanol–water partition coefficient (Wildman–Crippen LogP) is 2.80. The number of nitrogens with two attached hydrogens (primary N) is 1. The van der Waals surface area contributed by atoms with E-state index in [0.717, 1.165) is 5.56 Å². The Morgan fingerprint density at radius 3 is 2.80 bits per heavy atom. The molecule has 0 saturated heterocycles. The molecule has 102 valence electrons. The molecule has 2 aromatic rings. The summed E-state index contributed by atoms with van der Waals surface area (Å²) in [5.74, 6) is 2.53. The lowest BCUT2D eigenvalue weighted by molar-refractivity contribution is 0.174. The monoisotopic (exact) mass is 270 g/mol. The molecule has 3 rings (SSSR count). The lowest BCUT2D eigenvalue weighted by atomic mass is 10.1. The zero-order valence-electron chi connectivity index (χ0n) is 11.0. The number of aryl methyl sites for hydroxylation is 1. The van der Waals surface area contributed by atoms with Gasteiger partial charge in [-0.1, -0.05) is 12.1 Å². The van der Waals surface area contributed by atoms with Crippen LogP contribution < -0.4 is 19.9 Å². The van der Waals surface area contributed by atoms with Gasteiger partial charge in [-0.05, 0) is 30.7 Å². The maximum atomic E-state index is 7.61. The summed E-state index contributed by atoms with van der Waals surface area (Å²) in [6, 6.07) is 10.9. The van der Waals surface area contributed by atoms with Crippen molar-refractivity contribution in [2.75, 3.05) is 6.79 Å². The summed E-state index contributed by atoms with van der Waals surface area (Å²) in [7, 11) is 0. The third-order valence-electron chi connectivity index (χ3n) is 3.07. The summed E-state index contributed by atoms with van der Waals surface area (Å²) in [6.07, 6.45) is 0. The first-order valence-electron chi connectivity index (χ1n) is 6.16. The molecule has 0 unspecified atom stereocenters. The van der Waals surface area contributed by atoms with Crippen molar-refractivity contribution in [2.24, 2.45) is 5.73 Å². The van der Waals surface area contributed by atoms with Gasteiger partial charge in [-0.15, -0.1) is 0 Å². The molecule has 0 amide bonds. The van der Waals surface area contributed by atoms with Crippen LogP contribution in [0.4, 0.5) is 0 Å². The van der Waals surface area contributed by atoms with Crippen LogP contribution in [0.15, 0.2) is 36.4 Å². The second-order valence-corrected chi connectivity index (χ2v) is 4.48. The Morgan fingerprint density at radius 1 is 1.20 bits per heavy atom. The van der Waals surface area contributed by atoms with Crippen molar-refractivity contribution in [3.63, 3.8) is 0 Å². The molecule has 0 aliphatic carbocycles. The SMILES string of the molecule is Cc1cccc(C(=N)N)c1Oc1ccc2c(c1)OCO2. The Bertz CT molecular complexity index is 683. The summed E-state index contributed by atoms with van der Waals surface area (Å²) >= 11 is 0. The van der Waals surface area contributed by atoms with Gasteiger partial charge in [0.05, 0.1) is 5.56 Å². The van der Waals surface area contributed by atoms with Crippen molar-refractivity contribution < 1.29 is 14.2 Å². The molecule has 5 nitrogen and oxygen atoms in total. The Morgan fingerprint density at radius 2 is 2.00 bits per heavy atom. The highest BCUT2D eigenvalue weighted by atomic mass is 16.7. The minimum absolute atomic E-state index is 0.0237. The van der Waals surface area contributed by atoms with E-state index in [9.17, 15) is 0 Å². The normalized spacial score (nSPS) is 12.2. The van der Waals surface area contributed by atoms with Gasteiger partial charge in [0.15, 0.2) is 11.5 Å². The second kappa shape index (κ2) is 4.77. The topological polar surface area (TPSA) is 77.6 Å². The molecule has 0 atom stereocenters. The number of nitrogens with one attached hydrogen (secondary N) is 1. The highest BCUT2D eigenvalue weighted by Crippen LogP contribution is 2.37. The summed E-state index contributed by atoms with van der Waals surface area (Å²) in [5, 5.41) is 7.61. The highest BCUT2D eigenvalue weighted by molar-refractivity contribution is 5.98. The maximum Gasteiger partial charge on any atom is 0.231 e. The van der Waals surface area contributed by atoms with Gasteiger partial charge < -0.3 is 19.9 Å². The fraction of sp³-hybridized carbons (Fsp3) is 0.133. The molecule has 0 aromatic heterocycles. The average molecular weight is 270 g/mol. The molecule has 0 fully saturated rings. The fourth-order valence-electron chi connectivity index (χ4n) is 2.06. The molecule has 2 aromatic carbocycles. The van der Waals surface area contributed by atoms with Crippen LogP contribution in [0, 0.1) is 12.3 Å². The first kappa shape index (κ1) is 12.3. The van der Waals surface area contributed by atoms with Gasteiger partial charge in [-0.25, -0.2) is 0 Å². The summed E-state index contributed by atoms with van der Waals surface area (Å²) in [4.78, 5) is 0. The Balaban J connectivity index is 1.97. The van der Waals surface area contributed by atoms with E-state index in [1.807, 2.05) is 19.1 Å². The van der Waals surface area contributed by atoms with E-state index in [0.29, 0.717) is 28.6 Å². The van der Waals surface area contributed by atoms with Crippen molar-refractivity contribution in [1.82, 2.24) is 0 Å². The number of rotatable bonds is 3. The number of ether oxygens (including phenoxy) is 3. The fourth-order valence-corrected chi connectivity index (χ4v) is 2.06. The molecular formula is C15H14N2O3. The van der Waals surface area contributed by atoms with Crippen LogP contribution in [0.1, 0.15) is 11.1 Å². The van der Waals surface area contributed by atoms with E-state index >= 15 is 0 Å². The van der Waals surface area contributed by atoms with Gasteiger partial charge >= 0.3 is 0 Å². The first-order chi connectivity index (χ1) is 9.65. The van der Waals surface area contributed by atoms with Crippen molar-refractivity contribution in [1.29, 1.82) is 5.41 Å². The van der Waals surface area contributed by atoms with Gasteiger partial charge in [-0.2, -0.15) is 0 Å². The molecular weight excluding hydrogens is 256 g/mol. The van der Waals surface area contributed by atoms with Gasteiger partial charge in [0, 0.05) is 6.07 Å².